The summed E-state index contributed by atoms with van der Waals surface area (Å²) in [6, 6.07) is 22.0. The maximum Gasteiger partial charge on any atom is 0.212 e. The second-order valence-corrected chi connectivity index (χ2v) is 8.81. The first-order valence-electron chi connectivity index (χ1n) is 9.07. The third-order valence-electron chi connectivity index (χ3n) is 4.73. The molecule has 4 aromatic rings. The van der Waals surface area contributed by atoms with Gasteiger partial charge in [-0.2, -0.15) is 9.78 Å². The van der Waals surface area contributed by atoms with Crippen molar-refractivity contribution in [2.24, 2.45) is 5.10 Å². The predicted molar refractivity (Wildman–Crippen MR) is 125 cm³/mol. The number of halogens is 3. The molecule has 2 heterocycles. The van der Waals surface area contributed by atoms with Gasteiger partial charge in [-0.3, -0.25) is 0 Å². The average Bonchev–Trinajstić information content (AvgIpc) is 3.20. The molecule has 0 bridgehead atoms. The van der Waals surface area contributed by atoms with Crippen molar-refractivity contribution in [3.8, 4) is 22.5 Å². The van der Waals surface area contributed by atoms with Crippen molar-refractivity contribution >= 4 is 52.3 Å². The van der Waals surface area contributed by atoms with Gasteiger partial charge in [-0.25, -0.2) is 0 Å². The lowest BCUT2D eigenvalue weighted by Gasteiger charge is -2.15. The van der Waals surface area contributed by atoms with Crippen LogP contribution in [0.25, 0.3) is 22.5 Å². The van der Waals surface area contributed by atoms with E-state index in [2.05, 4.69) is 46.6 Å². The maximum absolute atomic E-state index is 6.40. The molecule has 0 spiro atoms. The van der Waals surface area contributed by atoms with Crippen LogP contribution in [0.15, 0.2) is 77.0 Å². The molecule has 1 aliphatic rings. The van der Waals surface area contributed by atoms with Crippen molar-refractivity contribution in [3.05, 3.63) is 87.4 Å². The molecule has 5 rings (SSSR count). The van der Waals surface area contributed by atoms with Gasteiger partial charge in [0.2, 0.25) is 5.16 Å². The van der Waals surface area contributed by atoms with Gasteiger partial charge in [-0.15, -0.1) is 10.2 Å². The maximum atomic E-state index is 6.40. The summed E-state index contributed by atoms with van der Waals surface area (Å²) < 4.78 is 1.70. The third kappa shape index (κ3) is 3.63. The third-order valence-corrected chi connectivity index (χ3v) is 6.68. The summed E-state index contributed by atoms with van der Waals surface area (Å²) in [7, 11) is 0. The lowest BCUT2D eigenvalue weighted by Crippen LogP contribution is -2.13. The van der Waals surface area contributed by atoms with Crippen molar-refractivity contribution in [2.45, 2.75) is 5.16 Å². The van der Waals surface area contributed by atoms with E-state index in [1.54, 1.807) is 28.6 Å². The molecule has 3 aromatic carbocycles. The number of thioether (sulfide) groups is 1. The van der Waals surface area contributed by atoms with E-state index in [4.69, 9.17) is 39.9 Å². The van der Waals surface area contributed by atoms with Gasteiger partial charge in [0, 0.05) is 16.3 Å². The van der Waals surface area contributed by atoms with Crippen molar-refractivity contribution in [1.29, 1.82) is 0 Å². The van der Waals surface area contributed by atoms with Crippen LogP contribution >= 0.6 is 46.6 Å². The molecule has 0 amide bonds. The zero-order valence-electron chi connectivity index (χ0n) is 15.4. The molecule has 0 unspecified atom stereocenters. The smallest absolute Gasteiger partial charge is 0.186 e. The van der Waals surface area contributed by atoms with Crippen LogP contribution < -0.4 is 0 Å². The molecule has 148 valence electrons. The van der Waals surface area contributed by atoms with Crippen molar-refractivity contribution < 1.29 is 0 Å². The van der Waals surface area contributed by atoms with E-state index in [1.165, 1.54) is 5.56 Å². The van der Waals surface area contributed by atoms with Crippen LogP contribution in [0, 0.1) is 0 Å². The van der Waals surface area contributed by atoms with Gasteiger partial charge in [0.1, 0.15) is 0 Å². The van der Waals surface area contributed by atoms with Gasteiger partial charge in [-0.05, 0) is 28.8 Å². The largest absolute Gasteiger partial charge is 0.212 e. The number of hydrogen-bond acceptors (Lipinski definition) is 4. The summed E-state index contributed by atoms with van der Waals surface area (Å²) in [6.45, 7) is 0. The van der Waals surface area contributed by atoms with E-state index >= 15 is 0 Å². The highest BCUT2D eigenvalue weighted by atomic mass is 35.5. The molecule has 30 heavy (non-hydrogen) atoms. The van der Waals surface area contributed by atoms with E-state index < -0.39 is 0 Å². The summed E-state index contributed by atoms with van der Waals surface area (Å²) in [6.07, 6.45) is 0. The number of aromatic nitrogens is 3. The molecule has 0 radical (unpaired) electrons. The average molecular weight is 472 g/mol. The van der Waals surface area contributed by atoms with E-state index in [-0.39, 0.29) is 0 Å². The summed E-state index contributed by atoms with van der Waals surface area (Å²) >= 11 is 20.3. The lowest BCUT2D eigenvalue weighted by atomic mass is 10.0. The Labute approximate surface area is 192 Å². The highest BCUT2D eigenvalue weighted by Gasteiger charge is 2.23. The van der Waals surface area contributed by atoms with Gasteiger partial charge in [-0.1, -0.05) is 101 Å². The van der Waals surface area contributed by atoms with Crippen LogP contribution in [-0.4, -0.2) is 26.3 Å². The van der Waals surface area contributed by atoms with Gasteiger partial charge >= 0.3 is 0 Å². The standard InChI is InChI=1S/C22H13Cl3N4S/c23-16-10-17(20(25)18(24)11-16)21-26-27-22-29(21)28-19(12-30-22)15-8-6-14(7-9-15)13-4-2-1-3-5-13/h1-11H,12H2. The molecule has 0 saturated heterocycles. The first-order valence-corrected chi connectivity index (χ1v) is 11.2. The predicted octanol–water partition coefficient (Wildman–Crippen LogP) is 6.93. The molecule has 1 aromatic heterocycles. The normalized spacial score (nSPS) is 13.1. The second-order valence-electron chi connectivity index (χ2n) is 6.65. The van der Waals surface area contributed by atoms with Crippen LogP contribution in [0.4, 0.5) is 0 Å². The molecule has 8 heteroatoms. The minimum absolute atomic E-state index is 0.362. The highest BCUT2D eigenvalue weighted by molar-refractivity contribution is 7.99. The van der Waals surface area contributed by atoms with Crippen LogP contribution in [0.1, 0.15) is 5.56 Å². The van der Waals surface area contributed by atoms with E-state index in [0.29, 0.717) is 37.4 Å². The summed E-state index contributed by atoms with van der Waals surface area (Å²) in [4.78, 5) is 0. The van der Waals surface area contributed by atoms with Crippen molar-refractivity contribution in [1.82, 2.24) is 14.9 Å². The van der Waals surface area contributed by atoms with Crippen LogP contribution in [0.3, 0.4) is 0 Å². The molecular formula is C22H13Cl3N4S. The molecule has 0 saturated carbocycles. The summed E-state index contributed by atoms with van der Waals surface area (Å²) in [5.41, 5.74) is 4.91. The number of nitrogens with zero attached hydrogens (tertiary/aromatic N) is 4. The van der Waals surface area contributed by atoms with Gasteiger partial charge in [0.25, 0.3) is 0 Å². The Kier molecular flexibility index (Phi) is 5.29. The topological polar surface area (TPSA) is 43.1 Å². The second kappa shape index (κ2) is 8.08. The molecule has 0 aliphatic carbocycles. The Morgan fingerprint density at radius 3 is 2.27 bits per heavy atom. The van der Waals surface area contributed by atoms with Gasteiger partial charge in [0.05, 0.1) is 15.8 Å². The quantitative estimate of drug-likeness (QED) is 0.304. The van der Waals surface area contributed by atoms with E-state index in [0.717, 1.165) is 16.8 Å². The molecule has 0 atom stereocenters. The molecular weight excluding hydrogens is 459 g/mol. The fourth-order valence-corrected chi connectivity index (χ4v) is 4.77. The molecule has 0 fully saturated rings. The van der Waals surface area contributed by atoms with E-state index in [9.17, 15) is 0 Å². The van der Waals surface area contributed by atoms with Gasteiger partial charge in [0.15, 0.2) is 5.82 Å². The Morgan fingerprint density at radius 1 is 0.800 bits per heavy atom. The number of fused-ring (bicyclic) bond motifs is 1. The Balaban J connectivity index is 1.53. The fraction of sp³-hybridized carbons (Fsp3) is 0.0455. The molecule has 1 aliphatic heterocycles. The zero-order valence-corrected chi connectivity index (χ0v) is 18.5. The van der Waals surface area contributed by atoms with E-state index in [1.807, 2.05) is 18.2 Å². The Morgan fingerprint density at radius 2 is 1.50 bits per heavy atom. The van der Waals surface area contributed by atoms with Crippen LogP contribution in [0.5, 0.6) is 0 Å². The number of benzene rings is 3. The molecule has 0 N–H and O–H groups in total. The number of hydrogen-bond donors (Lipinski definition) is 0. The Hall–Kier alpha value is -2.31. The SMILES string of the molecule is Clc1cc(Cl)c(Cl)c(-c2nnc3n2N=C(c2ccc(-c4ccccc4)cc2)CS3)c1. The Bertz CT molecular complexity index is 1270. The summed E-state index contributed by atoms with van der Waals surface area (Å²) in [5.74, 6) is 1.21. The first-order chi connectivity index (χ1) is 14.6. The van der Waals surface area contributed by atoms with Crippen molar-refractivity contribution in [3.63, 3.8) is 0 Å². The zero-order chi connectivity index (χ0) is 20.7. The first kappa shape index (κ1) is 19.6. The van der Waals surface area contributed by atoms with Crippen LogP contribution in [-0.2, 0) is 0 Å². The minimum atomic E-state index is 0.362. The number of rotatable bonds is 3. The molecule has 4 nitrogen and oxygen atoms in total. The monoisotopic (exact) mass is 470 g/mol. The van der Waals surface area contributed by atoms with Crippen molar-refractivity contribution in [2.75, 3.05) is 5.75 Å². The van der Waals surface area contributed by atoms with Crippen LogP contribution in [0.2, 0.25) is 15.1 Å². The summed E-state index contributed by atoms with van der Waals surface area (Å²) in [5, 5.41) is 15.2. The van der Waals surface area contributed by atoms with Gasteiger partial charge < -0.3 is 0 Å². The highest BCUT2D eigenvalue weighted by Crippen LogP contribution is 2.37. The fourth-order valence-electron chi connectivity index (χ4n) is 3.24. The lowest BCUT2D eigenvalue weighted by molar-refractivity contribution is 0.762. The minimum Gasteiger partial charge on any atom is -0.186 e.